The molecular formula is C26H28BrClN4O. The van der Waals surface area contributed by atoms with Gasteiger partial charge in [0.25, 0.3) is 5.91 Å². The van der Waals surface area contributed by atoms with Gasteiger partial charge in [-0.25, -0.2) is 0 Å². The van der Waals surface area contributed by atoms with Gasteiger partial charge in [-0.2, -0.15) is 0 Å². The maximum absolute atomic E-state index is 12.3. The van der Waals surface area contributed by atoms with E-state index in [1.54, 1.807) is 6.07 Å². The van der Waals surface area contributed by atoms with Crippen LogP contribution in [-0.2, 0) is 0 Å². The summed E-state index contributed by atoms with van der Waals surface area (Å²) in [6.07, 6.45) is 0. The summed E-state index contributed by atoms with van der Waals surface area (Å²) in [4.78, 5) is 14.7. The van der Waals surface area contributed by atoms with Crippen LogP contribution in [0.25, 0.3) is 11.1 Å². The molecule has 7 heteroatoms. The van der Waals surface area contributed by atoms with Crippen molar-refractivity contribution in [2.24, 2.45) is 5.73 Å². The Morgan fingerprint density at radius 3 is 2.64 bits per heavy atom. The highest BCUT2D eigenvalue weighted by Crippen LogP contribution is 2.39. The first-order chi connectivity index (χ1) is 15.7. The number of halogens is 2. The van der Waals surface area contributed by atoms with Crippen LogP contribution in [0.4, 0.5) is 17.1 Å². The summed E-state index contributed by atoms with van der Waals surface area (Å²) in [6.45, 7) is 9.17. The van der Waals surface area contributed by atoms with Crippen molar-refractivity contribution >= 4 is 50.5 Å². The molecule has 0 spiro atoms. The summed E-state index contributed by atoms with van der Waals surface area (Å²) in [7, 11) is 0. The Kier molecular flexibility index (Phi) is 6.71. The van der Waals surface area contributed by atoms with E-state index in [2.05, 4.69) is 63.5 Å². The molecule has 172 valence electrons. The number of benzene rings is 3. The van der Waals surface area contributed by atoms with Gasteiger partial charge in [0.15, 0.2) is 0 Å². The van der Waals surface area contributed by atoms with E-state index in [-0.39, 0.29) is 5.54 Å². The lowest BCUT2D eigenvalue weighted by Crippen LogP contribution is -2.57. The molecule has 3 aromatic rings. The van der Waals surface area contributed by atoms with Gasteiger partial charge in [0.05, 0.1) is 16.9 Å². The molecule has 1 aliphatic rings. The molecule has 1 fully saturated rings. The molecule has 5 nitrogen and oxygen atoms in total. The number of nitrogens with one attached hydrogen (secondary N) is 2. The van der Waals surface area contributed by atoms with Crippen molar-refractivity contribution in [2.75, 3.05) is 29.9 Å². The molecule has 4 N–H and O–H groups in total. The van der Waals surface area contributed by atoms with Gasteiger partial charge in [-0.15, -0.1) is 0 Å². The third-order valence-corrected chi connectivity index (χ3v) is 7.07. The van der Waals surface area contributed by atoms with E-state index in [9.17, 15) is 4.79 Å². The first-order valence-electron chi connectivity index (χ1n) is 10.9. The average Bonchev–Trinajstić information content (AvgIpc) is 2.76. The lowest BCUT2D eigenvalue weighted by Gasteiger charge is -2.40. The van der Waals surface area contributed by atoms with E-state index in [1.807, 2.05) is 37.3 Å². The third kappa shape index (κ3) is 5.03. The molecule has 1 heterocycles. The number of hydrogen-bond donors (Lipinski definition) is 3. The van der Waals surface area contributed by atoms with Crippen LogP contribution < -0.4 is 21.3 Å². The zero-order chi connectivity index (χ0) is 23.8. The Morgan fingerprint density at radius 2 is 1.94 bits per heavy atom. The standard InChI is InChI=1S/C26H28BrClN4O/c1-16-21(28)8-5-9-22(16)31-24-18(6-4-7-19(24)25(29)33)17-10-11-23(20(27)14-17)32-13-12-30-26(2,3)15-32/h4-11,14,30-31H,12-13,15H2,1-3H3,(H2,29,33). The molecule has 1 saturated heterocycles. The Hall–Kier alpha value is -2.54. The minimum absolute atomic E-state index is 0.0537. The molecule has 0 radical (unpaired) electrons. The number of rotatable bonds is 5. The minimum atomic E-state index is -0.488. The Morgan fingerprint density at radius 1 is 1.18 bits per heavy atom. The number of anilines is 3. The van der Waals surface area contributed by atoms with Crippen LogP contribution in [-0.4, -0.2) is 31.1 Å². The first kappa shape index (κ1) is 23.6. The molecule has 1 amide bonds. The largest absolute Gasteiger partial charge is 0.368 e. The van der Waals surface area contributed by atoms with Crippen LogP contribution in [0.15, 0.2) is 59.1 Å². The Bertz CT molecular complexity index is 1210. The fourth-order valence-electron chi connectivity index (χ4n) is 4.29. The highest BCUT2D eigenvalue weighted by atomic mass is 79.9. The summed E-state index contributed by atoms with van der Waals surface area (Å²) in [5.41, 5.74) is 11.6. The van der Waals surface area contributed by atoms with Crippen molar-refractivity contribution in [3.05, 3.63) is 75.2 Å². The summed E-state index contributed by atoms with van der Waals surface area (Å²) >= 11 is 10.1. The predicted molar refractivity (Wildman–Crippen MR) is 142 cm³/mol. The first-order valence-corrected chi connectivity index (χ1v) is 12.1. The van der Waals surface area contributed by atoms with E-state index in [0.29, 0.717) is 16.3 Å². The van der Waals surface area contributed by atoms with Gasteiger partial charge >= 0.3 is 0 Å². The normalized spacial score (nSPS) is 15.4. The molecule has 0 saturated carbocycles. The van der Waals surface area contributed by atoms with E-state index >= 15 is 0 Å². The zero-order valence-corrected chi connectivity index (χ0v) is 21.3. The van der Waals surface area contributed by atoms with E-state index in [0.717, 1.165) is 52.2 Å². The molecule has 3 aromatic carbocycles. The molecule has 0 aliphatic carbocycles. The van der Waals surface area contributed by atoms with Crippen molar-refractivity contribution in [3.63, 3.8) is 0 Å². The summed E-state index contributed by atoms with van der Waals surface area (Å²) in [5, 5.41) is 7.63. The van der Waals surface area contributed by atoms with E-state index < -0.39 is 5.91 Å². The number of amides is 1. The quantitative estimate of drug-likeness (QED) is 0.374. The number of piperazine rings is 1. The van der Waals surface area contributed by atoms with Crippen molar-refractivity contribution in [1.82, 2.24) is 5.32 Å². The van der Waals surface area contributed by atoms with Crippen LogP contribution >= 0.6 is 27.5 Å². The van der Waals surface area contributed by atoms with Crippen LogP contribution in [0.2, 0.25) is 5.02 Å². The molecule has 0 aromatic heterocycles. The molecule has 0 bridgehead atoms. The fraction of sp³-hybridized carbons (Fsp3) is 0.269. The summed E-state index contributed by atoms with van der Waals surface area (Å²) in [6, 6.07) is 17.6. The predicted octanol–water partition coefficient (Wildman–Crippen LogP) is 6.11. The second kappa shape index (κ2) is 9.37. The maximum Gasteiger partial charge on any atom is 0.250 e. The highest BCUT2D eigenvalue weighted by Gasteiger charge is 2.27. The maximum atomic E-state index is 12.3. The van der Waals surface area contributed by atoms with Crippen LogP contribution in [0.5, 0.6) is 0 Å². The average molecular weight is 528 g/mol. The van der Waals surface area contributed by atoms with Gasteiger partial charge in [0.1, 0.15) is 0 Å². The number of hydrogen-bond acceptors (Lipinski definition) is 4. The molecule has 0 unspecified atom stereocenters. The highest BCUT2D eigenvalue weighted by molar-refractivity contribution is 9.10. The number of carbonyl (C=O) groups excluding carboxylic acids is 1. The Balaban J connectivity index is 1.76. The molecular weight excluding hydrogens is 500 g/mol. The van der Waals surface area contributed by atoms with Crippen molar-refractivity contribution < 1.29 is 4.79 Å². The molecule has 4 rings (SSSR count). The van der Waals surface area contributed by atoms with Crippen LogP contribution in [0, 0.1) is 6.92 Å². The molecule has 1 aliphatic heterocycles. The van der Waals surface area contributed by atoms with Crippen molar-refractivity contribution in [3.8, 4) is 11.1 Å². The van der Waals surface area contributed by atoms with Crippen LogP contribution in [0.3, 0.4) is 0 Å². The zero-order valence-electron chi connectivity index (χ0n) is 19.0. The number of para-hydroxylation sites is 1. The molecule has 0 atom stereocenters. The number of nitrogens with two attached hydrogens (primary N) is 1. The van der Waals surface area contributed by atoms with Crippen LogP contribution in [0.1, 0.15) is 29.8 Å². The lowest BCUT2D eigenvalue weighted by atomic mass is 9.97. The second-order valence-electron chi connectivity index (χ2n) is 9.03. The van der Waals surface area contributed by atoms with Gasteiger partial charge < -0.3 is 21.3 Å². The van der Waals surface area contributed by atoms with E-state index in [1.165, 1.54) is 0 Å². The van der Waals surface area contributed by atoms with E-state index in [4.69, 9.17) is 17.3 Å². The van der Waals surface area contributed by atoms with Gasteiger partial charge in [-0.05, 0) is 78.2 Å². The fourth-order valence-corrected chi connectivity index (χ4v) is 5.09. The number of carbonyl (C=O) groups is 1. The third-order valence-electron chi connectivity index (χ3n) is 6.03. The van der Waals surface area contributed by atoms with Crippen molar-refractivity contribution in [2.45, 2.75) is 26.3 Å². The monoisotopic (exact) mass is 526 g/mol. The SMILES string of the molecule is Cc1c(Cl)cccc1Nc1c(C(N)=O)cccc1-c1ccc(N2CCNC(C)(C)C2)c(Br)c1. The van der Waals surface area contributed by atoms with Gasteiger partial charge in [0, 0.05) is 45.9 Å². The Labute approximate surface area is 208 Å². The minimum Gasteiger partial charge on any atom is -0.368 e. The van der Waals surface area contributed by atoms with Gasteiger partial charge in [0.2, 0.25) is 0 Å². The summed E-state index contributed by atoms with van der Waals surface area (Å²) in [5.74, 6) is -0.488. The second-order valence-corrected chi connectivity index (χ2v) is 10.3. The molecule has 33 heavy (non-hydrogen) atoms. The number of nitrogens with zero attached hydrogens (tertiary/aromatic N) is 1. The number of primary amides is 1. The van der Waals surface area contributed by atoms with Gasteiger partial charge in [-0.3, -0.25) is 4.79 Å². The smallest absolute Gasteiger partial charge is 0.250 e. The summed E-state index contributed by atoms with van der Waals surface area (Å²) < 4.78 is 1.01. The topological polar surface area (TPSA) is 70.4 Å². The van der Waals surface area contributed by atoms with Crippen molar-refractivity contribution in [1.29, 1.82) is 0 Å². The van der Waals surface area contributed by atoms with Gasteiger partial charge in [-0.1, -0.05) is 35.9 Å². The lowest BCUT2D eigenvalue weighted by molar-refractivity contribution is 0.100.